The highest BCUT2D eigenvalue weighted by molar-refractivity contribution is 5.93. The molecule has 0 amide bonds. The van der Waals surface area contributed by atoms with Crippen molar-refractivity contribution in [3.05, 3.63) is 95.2 Å². The molecule has 4 heterocycles. The van der Waals surface area contributed by atoms with Crippen LogP contribution < -0.4 is 0 Å². The van der Waals surface area contributed by atoms with Gasteiger partial charge in [-0.1, -0.05) is 54.4 Å². The number of aldehydes is 1. The summed E-state index contributed by atoms with van der Waals surface area (Å²) in [5, 5.41) is 23.8. The number of hydrogen-bond acceptors (Lipinski definition) is 15. The third-order valence-corrected chi connectivity index (χ3v) is 9.04. The van der Waals surface area contributed by atoms with Crippen LogP contribution in [0.25, 0.3) is 0 Å². The van der Waals surface area contributed by atoms with Crippen LogP contribution in [-0.2, 0) is 43.0 Å². The molecule has 0 saturated heterocycles. The maximum atomic E-state index is 11.6. The first-order valence-corrected chi connectivity index (χ1v) is 22.7. The Morgan fingerprint density at radius 3 is 1.31 bits per heavy atom. The second-order valence-electron chi connectivity index (χ2n) is 16.3. The van der Waals surface area contributed by atoms with Crippen LogP contribution in [0, 0.1) is 23.7 Å². The van der Waals surface area contributed by atoms with Crippen LogP contribution in [0.3, 0.4) is 0 Å². The zero-order chi connectivity index (χ0) is 53.4. The number of ether oxygens (including phenoxy) is 2. The summed E-state index contributed by atoms with van der Waals surface area (Å²) < 4.78 is 20.0. The molecule has 70 heavy (non-hydrogen) atoms. The highest BCUT2D eigenvalue weighted by atomic mass is 19.1. The van der Waals surface area contributed by atoms with E-state index in [1.54, 1.807) is 38.2 Å². The Morgan fingerprint density at radius 2 is 1.00 bits per heavy atom. The second kappa shape index (κ2) is 40.7. The van der Waals surface area contributed by atoms with Gasteiger partial charge in [-0.25, -0.2) is 18.8 Å². The Kier molecular flexibility index (Phi) is 38.3. The molecule has 0 aromatic rings. The average Bonchev–Trinajstić information content (AvgIpc) is 3.29. The number of carbonyl (C=O) groups is 7. The van der Waals surface area contributed by atoms with E-state index >= 15 is 0 Å². The topological polar surface area (TPSA) is 212 Å². The molecule has 388 valence electrons. The summed E-state index contributed by atoms with van der Waals surface area (Å²) in [6, 6.07) is 0. The first-order valence-electron chi connectivity index (χ1n) is 22.7. The fraction of sp³-hybridized carbons (Fsp3) is 0.491. The first kappa shape index (κ1) is 65.9. The van der Waals surface area contributed by atoms with E-state index in [0.29, 0.717) is 0 Å². The van der Waals surface area contributed by atoms with Gasteiger partial charge in [0.25, 0.3) is 0 Å². The van der Waals surface area contributed by atoms with Gasteiger partial charge in [0.05, 0.1) is 0 Å². The number of aliphatic hydroxyl groups excluding tert-OH is 2. The van der Waals surface area contributed by atoms with E-state index in [-0.39, 0.29) is 18.8 Å². The number of Topliss-reactive ketones (excluding diaryl/α,β-unsaturated/α-hetero) is 2. The predicted molar refractivity (Wildman–Crippen MR) is 272 cm³/mol. The number of hydrogen-bond donors (Lipinski definition) is 3. The van der Waals surface area contributed by atoms with Gasteiger partial charge in [-0.15, -0.1) is 0 Å². The van der Waals surface area contributed by atoms with Crippen LogP contribution >= 0.6 is 0 Å². The number of ketones is 3. The molecule has 0 aliphatic carbocycles. The van der Waals surface area contributed by atoms with Crippen molar-refractivity contribution in [2.75, 3.05) is 87.4 Å². The summed E-state index contributed by atoms with van der Waals surface area (Å²) >= 11 is 0. The third kappa shape index (κ3) is 42.0. The Hall–Kier alpha value is -6.18. The lowest BCUT2D eigenvalue weighted by molar-refractivity contribution is -0.141. The Bertz CT molecular complexity index is 2070. The molecular weight excluding hydrogens is 904 g/mol. The lowest BCUT2D eigenvalue weighted by Gasteiger charge is -2.20. The summed E-state index contributed by atoms with van der Waals surface area (Å²) in [6.45, 7) is 15.4. The number of carboxylic acids is 1. The van der Waals surface area contributed by atoms with Gasteiger partial charge in [-0.3, -0.25) is 19.2 Å². The van der Waals surface area contributed by atoms with E-state index in [9.17, 15) is 38.0 Å². The van der Waals surface area contributed by atoms with Crippen molar-refractivity contribution in [2.45, 2.75) is 85.5 Å². The van der Waals surface area contributed by atoms with Crippen molar-refractivity contribution < 1.29 is 64.2 Å². The van der Waals surface area contributed by atoms with Crippen LogP contribution in [0.4, 0.5) is 4.39 Å². The van der Waals surface area contributed by atoms with E-state index in [2.05, 4.69) is 61.5 Å². The van der Waals surface area contributed by atoms with Crippen LogP contribution in [0.2, 0.25) is 0 Å². The van der Waals surface area contributed by atoms with Gasteiger partial charge in [0.15, 0.2) is 18.7 Å². The average molecular weight is 983 g/mol. The first-order chi connectivity index (χ1) is 33.0. The van der Waals surface area contributed by atoms with E-state index < -0.39 is 43.1 Å². The summed E-state index contributed by atoms with van der Waals surface area (Å²) in [5.41, 5.74) is 4.24. The molecule has 0 saturated carbocycles. The molecule has 0 aromatic carbocycles. The minimum Gasteiger partial charge on any atom is -0.478 e. The van der Waals surface area contributed by atoms with E-state index in [1.165, 1.54) is 52.0 Å². The summed E-state index contributed by atoms with van der Waals surface area (Å²) in [7, 11) is 8.14. The van der Waals surface area contributed by atoms with E-state index in [0.717, 1.165) is 107 Å². The van der Waals surface area contributed by atoms with Crippen LogP contribution in [0.5, 0.6) is 0 Å². The Labute approximate surface area is 416 Å². The second-order valence-corrected chi connectivity index (χ2v) is 16.3. The predicted octanol–water partition coefficient (Wildman–Crippen LogP) is 4.66. The van der Waals surface area contributed by atoms with Gasteiger partial charge in [0.1, 0.15) is 18.5 Å². The zero-order valence-electron chi connectivity index (χ0n) is 42.6. The lowest BCUT2D eigenvalue weighted by atomic mass is 10.1. The molecule has 0 fully saturated rings. The number of esters is 2. The van der Waals surface area contributed by atoms with Gasteiger partial charge < -0.3 is 44.4 Å². The quantitative estimate of drug-likeness (QED) is 0.0845. The Morgan fingerprint density at radius 1 is 0.643 bits per heavy atom. The maximum absolute atomic E-state index is 11.6. The molecule has 0 bridgehead atoms. The highest BCUT2D eigenvalue weighted by Gasteiger charge is 2.10. The minimum absolute atomic E-state index is 0. The Balaban J connectivity index is -0.000000829. The standard InChI is InChI=1S/C15H21NO3.C15H19NO3.C9H13NO2.C7H11NO.C6H8O2.CH3FO.H2/c2*1-12(17)6-7-13(2)19-15(18)9-8-14-5-4-10-16(3)11-14;1-10-6-2-3-8(7-10)4-5-9(11)12;1-8-4-2-3-7(5-8)6-9;1-5(7)3-4-6(2)8;2-1-3;/h5-9,13H,4,10-11H2,1-3H3;5,8-9,13H,4,10-11H2,1-3H3;3-5H,2,6-7H2,1H3,(H,11,12);3,6H,2,4-5H2,1H3;5,7H,1-2H3;3H,1H2;1H/b7-6-,9-8+;9-8+;5-4+;;;;/t2*13-;;;5-;;/m11..1../s1/i;;;;;;1+2. The number of likely N-dealkylation sites (N-methyl/N-ethyl adjacent to an activating group) is 4. The number of nitrogens with zero attached hydrogens (tertiary/aromatic N) is 4. The zero-order valence-corrected chi connectivity index (χ0v) is 42.6. The van der Waals surface area contributed by atoms with Gasteiger partial charge in [0.2, 0.25) is 11.6 Å². The molecule has 0 radical (unpaired) electrons. The van der Waals surface area contributed by atoms with Gasteiger partial charge in [-0.05, 0) is 122 Å². The molecule has 17 heteroatoms. The van der Waals surface area contributed by atoms with Crippen LogP contribution in [-0.4, -0.2) is 182 Å². The maximum Gasteiger partial charge on any atom is 0.331 e. The molecule has 0 spiro atoms. The number of carboxylic acid groups (broad SMARTS) is 1. The number of aliphatic hydroxyl groups is 2. The van der Waals surface area contributed by atoms with Crippen molar-refractivity contribution in [2.24, 2.45) is 0 Å². The lowest BCUT2D eigenvalue weighted by Crippen LogP contribution is -2.25. The normalized spacial score (nSPS) is 17.4. The summed E-state index contributed by atoms with van der Waals surface area (Å²) in [5.74, 6) is 7.18. The SMILES string of the molecule is CC(=O)/C=C\[C@@H](C)OC(=O)/C=C/C1=CCCN(C)C1.CC(=O)C#C[C@@H](C)O.CC(=O)C#C[C@@H](C)OC(=O)/C=C/C1=CCCN(C)C1.CN1CCC=C(/C=C/C(=O)O)C1.CN1CCC=C(C=O)C1.OCF.[3HH]. The van der Waals surface area contributed by atoms with Gasteiger partial charge >= 0.3 is 17.9 Å². The van der Waals surface area contributed by atoms with Gasteiger partial charge in [0, 0.05) is 91.4 Å². The smallest absolute Gasteiger partial charge is 0.331 e. The molecule has 3 N–H and O–H groups in total. The highest BCUT2D eigenvalue weighted by Crippen LogP contribution is 2.11. The van der Waals surface area contributed by atoms with Crippen molar-refractivity contribution >= 4 is 41.5 Å². The van der Waals surface area contributed by atoms with Crippen LogP contribution in [0.15, 0.2) is 95.2 Å². The number of carbonyl (C=O) groups excluding carboxylic acids is 6. The molecule has 16 nitrogen and oxygen atoms in total. The molecule has 0 unspecified atom stereocenters. The molecule has 4 rings (SSSR count). The fourth-order valence-electron chi connectivity index (χ4n) is 5.86. The molecule has 4 aliphatic heterocycles. The van der Waals surface area contributed by atoms with Crippen molar-refractivity contribution in [3.8, 4) is 23.7 Å². The summed E-state index contributed by atoms with van der Waals surface area (Å²) in [6.07, 6.45) is 23.8. The number of halogens is 1. The van der Waals surface area contributed by atoms with Crippen LogP contribution in [0.1, 0.15) is 68.7 Å². The van der Waals surface area contributed by atoms with Crippen molar-refractivity contribution in [1.82, 2.24) is 19.6 Å². The molecule has 3 atom stereocenters. The van der Waals surface area contributed by atoms with Gasteiger partial charge in [-0.2, -0.15) is 0 Å². The molecule has 4 aliphatic rings. The third-order valence-electron chi connectivity index (χ3n) is 9.04. The molecule has 0 aromatic heterocycles. The number of rotatable bonds is 11. The largest absolute Gasteiger partial charge is 0.478 e. The summed E-state index contributed by atoms with van der Waals surface area (Å²) in [4.78, 5) is 83.6. The van der Waals surface area contributed by atoms with Crippen molar-refractivity contribution in [3.63, 3.8) is 0 Å². The number of aliphatic carboxylic acids is 1. The van der Waals surface area contributed by atoms with E-state index in [1.807, 2.05) is 34.3 Å². The molecular formula is C53H77FN4O12. The van der Waals surface area contributed by atoms with Crippen molar-refractivity contribution in [1.29, 1.82) is 0 Å². The number of alkyl halides is 1. The number of allylic oxidation sites excluding steroid dienone is 1. The monoisotopic (exact) mass is 983 g/mol. The minimum atomic E-state index is -1.25. The van der Waals surface area contributed by atoms with E-state index in [4.69, 9.17) is 24.8 Å². The fourth-order valence-corrected chi connectivity index (χ4v) is 5.86.